The van der Waals surface area contributed by atoms with E-state index < -0.39 is 0 Å². The molecule has 1 N–H and O–H groups in total. The molecule has 4 nitrogen and oxygen atoms in total. The molecule has 1 aromatic carbocycles. The lowest BCUT2D eigenvalue weighted by molar-refractivity contribution is -0.129. The van der Waals surface area contributed by atoms with E-state index >= 15 is 0 Å². The Kier molecular flexibility index (Phi) is 5.95. The first kappa shape index (κ1) is 16.4. The van der Waals surface area contributed by atoms with Crippen molar-refractivity contribution in [2.24, 2.45) is 0 Å². The molecule has 5 heteroatoms. The average molecular weight is 282 g/mol. The number of carbonyl (C=O) groups is 1. The Morgan fingerprint density at radius 2 is 2.10 bits per heavy atom. The Morgan fingerprint density at radius 3 is 2.70 bits per heavy atom. The summed E-state index contributed by atoms with van der Waals surface area (Å²) in [4.78, 5) is 13.4. The van der Waals surface area contributed by atoms with E-state index in [2.05, 4.69) is 5.32 Å². The summed E-state index contributed by atoms with van der Waals surface area (Å²) in [7, 11) is 1.72. The molecule has 0 radical (unpaired) electrons. The average Bonchev–Trinajstić information content (AvgIpc) is 2.35. The molecular formula is C15H23FN2O2. The minimum absolute atomic E-state index is 0.00256. The molecule has 1 aromatic rings. The number of halogens is 1. The zero-order valence-electron chi connectivity index (χ0n) is 12.6. The summed E-state index contributed by atoms with van der Waals surface area (Å²) in [5, 5.41) is 3.14. The van der Waals surface area contributed by atoms with E-state index in [1.54, 1.807) is 24.1 Å². The molecule has 0 spiro atoms. The minimum atomic E-state index is -0.332. The Balaban J connectivity index is 2.29. The van der Waals surface area contributed by atoms with Crippen molar-refractivity contribution in [1.29, 1.82) is 0 Å². The van der Waals surface area contributed by atoms with Gasteiger partial charge in [0.2, 0.25) is 5.91 Å². The van der Waals surface area contributed by atoms with Crippen molar-refractivity contribution >= 4 is 5.91 Å². The number of benzene rings is 1. The highest BCUT2D eigenvalue weighted by Gasteiger charge is 2.14. The van der Waals surface area contributed by atoms with Crippen LogP contribution in [0.2, 0.25) is 0 Å². The SMILES string of the molecule is CN(CCOc1cccc(F)c1)C(=O)CNC(C)(C)C. The van der Waals surface area contributed by atoms with Gasteiger partial charge < -0.3 is 15.0 Å². The number of carbonyl (C=O) groups excluding carboxylic acids is 1. The Morgan fingerprint density at radius 1 is 1.40 bits per heavy atom. The highest BCUT2D eigenvalue weighted by Crippen LogP contribution is 2.11. The highest BCUT2D eigenvalue weighted by atomic mass is 19.1. The molecule has 0 saturated heterocycles. The Hall–Kier alpha value is -1.62. The molecule has 0 saturated carbocycles. The summed E-state index contributed by atoms with van der Waals surface area (Å²) < 4.78 is 18.3. The normalized spacial score (nSPS) is 11.2. The second-order valence-corrected chi connectivity index (χ2v) is 5.72. The van der Waals surface area contributed by atoms with E-state index in [1.807, 2.05) is 20.8 Å². The third-order valence-electron chi connectivity index (χ3n) is 2.69. The maximum absolute atomic E-state index is 12.9. The van der Waals surface area contributed by atoms with Gasteiger partial charge in [0.25, 0.3) is 0 Å². The van der Waals surface area contributed by atoms with Gasteiger partial charge in [-0.1, -0.05) is 6.07 Å². The first-order chi connectivity index (χ1) is 9.28. The van der Waals surface area contributed by atoms with Gasteiger partial charge in [0.1, 0.15) is 18.2 Å². The highest BCUT2D eigenvalue weighted by molar-refractivity contribution is 5.78. The van der Waals surface area contributed by atoms with Crippen LogP contribution < -0.4 is 10.1 Å². The van der Waals surface area contributed by atoms with E-state index in [-0.39, 0.29) is 17.3 Å². The molecule has 0 fully saturated rings. The summed E-state index contributed by atoms with van der Waals surface area (Å²) in [6.07, 6.45) is 0. The van der Waals surface area contributed by atoms with Gasteiger partial charge in [-0.15, -0.1) is 0 Å². The van der Waals surface area contributed by atoms with Crippen molar-refractivity contribution in [3.63, 3.8) is 0 Å². The topological polar surface area (TPSA) is 41.6 Å². The second-order valence-electron chi connectivity index (χ2n) is 5.72. The molecule has 0 aliphatic carbocycles. The maximum Gasteiger partial charge on any atom is 0.236 e. The van der Waals surface area contributed by atoms with Crippen LogP contribution >= 0.6 is 0 Å². The van der Waals surface area contributed by atoms with Crippen LogP contribution in [0.15, 0.2) is 24.3 Å². The fourth-order valence-electron chi connectivity index (χ4n) is 1.46. The monoisotopic (exact) mass is 282 g/mol. The van der Waals surface area contributed by atoms with Crippen LogP contribution in [-0.2, 0) is 4.79 Å². The summed E-state index contributed by atoms with van der Waals surface area (Å²) in [5.74, 6) is 0.141. The van der Waals surface area contributed by atoms with E-state index in [0.29, 0.717) is 25.4 Å². The largest absolute Gasteiger partial charge is 0.492 e. The van der Waals surface area contributed by atoms with Crippen molar-refractivity contribution < 1.29 is 13.9 Å². The molecule has 0 aliphatic rings. The van der Waals surface area contributed by atoms with Gasteiger partial charge in [-0.2, -0.15) is 0 Å². The van der Waals surface area contributed by atoms with Crippen LogP contribution in [0.1, 0.15) is 20.8 Å². The van der Waals surface area contributed by atoms with E-state index in [0.717, 1.165) is 0 Å². The quantitative estimate of drug-likeness (QED) is 0.868. The van der Waals surface area contributed by atoms with Crippen molar-refractivity contribution in [3.05, 3.63) is 30.1 Å². The van der Waals surface area contributed by atoms with Gasteiger partial charge in [-0.05, 0) is 32.9 Å². The van der Waals surface area contributed by atoms with Gasteiger partial charge in [-0.3, -0.25) is 4.79 Å². The number of ether oxygens (including phenoxy) is 1. The minimum Gasteiger partial charge on any atom is -0.492 e. The molecular weight excluding hydrogens is 259 g/mol. The van der Waals surface area contributed by atoms with Crippen LogP contribution in [-0.4, -0.2) is 43.1 Å². The zero-order chi connectivity index (χ0) is 15.2. The predicted molar refractivity (Wildman–Crippen MR) is 77.3 cm³/mol. The van der Waals surface area contributed by atoms with Gasteiger partial charge in [0, 0.05) is 18.7 Å². The number of nitrogens with one attached hydrogen (secondary N) is 1. The molecule has 1 amide bonds. The Bertz CT molecular complexity index is 444. The number of rotatable bonds is 6. The second kappa shape index (κ2) is 7.24. The summed E-state index contributed by atoms with van der Waals surface area (Å²) in [6.45, 7) is 7.11. The van der Waals surface area contributed by atoms with Crippen LogP contribution in [0.5, 0.6) is 5.75 Å². The summed E-state index contributed by atoms with van der Waals surface area (Å²) in [6, 6.07) is 5.96. The van der Waals surface area contributed by atoms with Gasteiger partial charge >= 0.3 is 0 Å². The third-order valence-corrected chi connectivity index (χ3v) is 2.69. The molecule has 0 bridgehead atoms. The first-order valence-corrected chi connectivity index (χ1v) is 6.65. The van der Waals surface area contributed by atoms with Crippen molar-refractivity contribution in [2.45, 2.75) is 26.3 Å². The number of hydrogen-bond acceptors (Lipinski definition) is 3. The Labute approximate surface area is 119 Å². The van der Waals surface area contributed by atoms with E-state index in [9.17, 15) is 9.18 Å². The molecule has 20 heavy (non-hydrogen) atoms. The van der Waals surface area contributed by atoms with Gasteiger partial charge in [0.05, 0.1) is 13.1 Å². The van der Waals surface area contributed by atoms with Crippen LogP contribution in [0.4, 0.5) is 4.39 Å². The fraction of sp³-hybridized carbons (Fsp3) is 0.533. The summed E-state index contributed by atoms with van der Waals surface area (Å²) in [5.41, 5.74) is -0.0887. The van der Waals surface area contributed by atoms with Crippen LogP contribution in [0.25, 0.3) is 0 Å². The predicted octanol–water partition coefficient (Wildman–Crippen LogP) is 2.05. The van der Waals surface area contributed by atoms with Gasteiger partial charge in [0.15, 0.2) is 0 Å². The number of likely N-dealkylation sites (N-methyl/N-ethyl adjacent to an activating group) is 1. The molecule has 0 heterocycles. The van der Waals surface area contributed by atoms with Crippen molar-refractivity contribution in [1.82, 2.24) is 10.2 Å². The molecule has 0 aromatic heterocycles. The lowest BCUT2D eigenvalue weighted by atomic mass is 10.1. The molecule has 0 unspecified atom stereocenters. The molecule has 0 atom stereocenters. The first-order valence-electron chi connectivity index (χ1n) is 6.65. The zero-order valence-corrected chi connectivity index (χ0v) is 12.6. The van der Waals surface area contributed by atoms with Crippen molar-refractivity contribution in [3.8, 4) is 5.75 Å². The number of nitrogens with zero attached hydrogens (tertiary/aromatic N) is 1. The van der Waals surface area contributed by atoms with Gasteiger partial charge in [-0.25, -0.2) is 4.39 Å². The summed E-state index contributed by atoms with van der Waals surface area (Å²) >= 11 is 0. The fourth-order valence-corrected chi connectivity index (χ4v) is 1.46. The standard InChI is InChI=1S/C15H23FN2O2/c1-15(2,3)17-11-14(19)18(4)8-9-20-13-7-5-6-12(16)10-13/h5-7,10,17H,8-9,11H2,1-4H3. The maximum atomic E-state index is 12.9. The lowest BCUT2D eigenvalue weighted by Gasteiger charge is -2.23. The third kappa shape index (κ3) is 6.52. The smallest absolute Gasteiger partial charge is 0.236 e. The number of hydrogen-bond donors (Lipinski definition) is 1. The number of amides is 1. The lowest BCUT2D eigenvalue weighted by Crippen LogP contribution is -2.44. The van der Waals surface area contributed by atoms with Crippen LogP contribution in [0, 0.1) is 5.82 Å². The molecule has 112 valence electrons. The van der Waals surface area contributed by atoms with E-state index in [4.69, 9.17) is 4.74 Å². The van der Waals surface area contributed by atoms with E-state index in [1.165, 1.54) is 12.1 Å². The molecule has 1 rings (SSSR count). The van der Waals surface area contributed by atoms with Crippen molar-refractivity contribution in [2.75, 3.05) is 26.7 Å². The van der Waals surface area contributed by atoms with Crippen LogP contribution in [0.3, 0.4) is 0 Å². The molecule has 0 aliphatic heterocycles.